The Hall–Kier alpha value is -3.08. The van der Waals surface area contributed by atoms with Crippen LogP contribution in [0.15, 0.2) is 61.1 Å². The van der Waals surface area contributed by atoms with Crippen LogP contribution in [0.25, 0.3) is 11.3 Å². The van der Waals surface area contributed by atoms with E-state index in [0.29, 0.717) is 13.0 Å². The minimum atomic E-state index is 0.0144. The van der Waals surface area contributed by atoms with Gasteiger partial charge in [0.1, 0.15) is 5.75 Å². The number of nitrogens with one attached hydrogen (secondary N) is 1. The molecule has 0 radical (unpaired) electrons. The molecule has 1 atom stereocenters. The van der Waals surface area contributed by atoms with Crippen LogP contribution in [0.5, 0.6) is 5.75 Å². The Balaban J connectivity index is 1.38. The highest BCUT2D eigenvalue weighted by molar-refractivity contribution is 5.79. The Morgan fingerprint density at radius 2 is 2.12 bits per heavy atom. The van der Waals surface area contributed by atoms with Gasteiger partial charge in [-0.1, -0.05) is 36.4 Å². The fourth-order valence-electron chi connectivity index (χ4n) is 3.56. The van der Waals surface area contributed by atoms with E-state index in [0.717, 1.165) is 23.4 Å². The summed E-state index contributed by atoms with van der Waals surface area (Å²) in [5, 5.41) is 3.04. The minimum Gasteiger partial charge on any atom is -0.497 e. The van der Waals surface area contributed by atoms with Crippen molar-refractivity contribution in [2.24, 2.45) is 0 Å². The average molecular weight is 347 g/mol. The molecular formula is C21H21N3O2. The van der Waals surface area contributed by atoms with E-state index in [2.05, 4.69) is 27.0 Å². The molecule has 4 rings (SSSR count). The average Bonchev–Trinajstić information content (AvgIpc) is 3.25. The lowest BCUT2D eigenvalue weighted by molar-refractivity contribution is -0.121. The molecule has 0 spiro atoms. The molecule has 132 valence electrons. The first-order chi connectivity index (χ1) is 12.8. The van der Waals surface area contributed by atoms with Crippen molar-refractivity contribution < 1.29 is 9.53 Å². The third-order valence-corrected chi connectivity index (χ3v) is 4.85. The highest BCUT2D eigenvalue weighted by atomic mass is 16.5. The number of methoxy groups -OCH3 is 1. The normalized spacial score (nSPS) is 14.6. The molecule has 1 aliphatic rings. The van der Waals surface area contributed by atoms with Crippen LogP contribution >= 0.6 is 0 Å². The molecule has 26 heavy (non-hydrogen) atoms. The molecule has 1 aliphatic heterocycles. The second-order valence-electron chi connectivity index (χ2n) is 6.44. The van der Waals surface area contributed by atoms with Gasteiger partial charge in [-0.3, -0.25) is 4.79 Å². The van der Waals surface area contributed by atoms with Crippen molar-refractivity contribution in [2.45, 2.75) is 18.9 Å². The second kappa shape index (κ2) is 7.04. The molecule has 2 aromatic carbocycles. The van der Waals surface area contributed by atoms with Crippen molar-refractivity contribution in [3.63, 3.8) is 0 Å². The smallest absolute Gasteiger partial charge is 0.222 e. The molecular weight excluding hydrogens is 326 g/mol. The van der Waals surface area contributed by atoms with Gasteiger partial charge in [0.15, 0.2) is 0 Å². The van der Waals surface area contributed by atoms with Crippen molar-refractivity contribution >= 4 is 5.91 Å². The number of carbonyl (C=O) groups is 1. The quantitative estimate of drug-likeness (QED) is 0.745. The number of amides is 1. The Kier molecular flexibility index (Phi) is 4.44. The maximum Gasteiger partial charge on any atom is 0.222 e. The number of hydrogen-bond acceptors (Lipinski definition) is 3. The predicted octanol–water partition coefficient (Wildman–Crippen LogP) is 3.21. The first kappa shape index (κ1) is 16.4. The van der Waals surface area contributed by atoms with Gasteiger partial charge in [0.05, 0.1) is 37.8 Å². The molecule has 1 N–H and O–H groups in total. The van der Waals surface area contributed by atoms with Gasteiger partial charge >= 0.3 is 0 Å². The third-order valence-electron chi connectivity index (χ3n) is 4.85. The van der Waals surface area contributed by atoms with Crippen LogP contribution in [-0.2, 0) is 11.2 Å². The van der Waals surface area contributed by atoms with Crippen LogP contribution < -0.4 is 10.1 Å². The predicted molar refractivity (Wildman–Crippen MR) is 100 cm³/mol. The van der Waals surface area contributed by atoms with E-state index >= 15 is 0 Å². The fraction of sp³-hybridized carbons (Fsp3) is 0.238. The SMILES string of the molecule is COc1cccc(CCNC(=O)CC2c3ccccc3-c3cncn32)c1. The van der Waals surface area contributed by atoms with E-state index in [9.17, 15) is 4.79 Å². The zero-order valence-corrected chi connectivity index (χ0v) is 14.7. The van der Waals surface area contributed by atoms with Crippen molar-refractivity contribution in [1.29, 1.82) is 0 Å². The first-order valence-electron chi connectivity index (χ1n) is 8.77. The monoisotopic (exact) mass is 347 g/mol. The van der Waals surface area contributed by atoms with Gasteiger partial charge in [0.2, 0.25) is 5.91 Å². The van der Waals surface area contributed by atoms with Crippen molar-refractivity contribution in [3.05, 3.63) is 72.2 Å². The topological polar surface area (TPSA) is 56.1 Å². The van der Waals surface area contributed by atoms with E-state index in [4.69, 9.17) is 4.74 Å². The molecule has 1 unspecified atom stereocenters. The lowest BCUT2D eigenvalue weighted by atomic mass is 10.0. The van der Waals surface area contributed by atoms with Gasteiger partial charge < -0.3 is 14.6 Å². The summed E-state index contributed by atoms with van der Waals surface area (Å²) in [6, 6.07) is 16.2. The van der Waals surface area contributed by atoms with Crippen LogP contribution in [0.3, 0.4) is 0 Å². The molecule has 3 aromatic rings. The molecule has 2 heterocycles. The Morgan fingerprint density at radius 1 is 1.23 bits per heavy atom. The molecule has 0 aliphatic carbocycles. The number of fused-ring (bicyclic) bond motifs is 3. The molecule has 0 bridgehead atoms. The third kappa shape index (κ3) is 3.08. The Bertz CT molecular complexity index is 932. The zero-order chi connectivity index (χ0) is 17.9. The van der Waals surface area contributed by atoms with Gasteiger partial charge in [0, 0.05) is 12.1 Å². The summed E-state index contributed by atoms with van der Waals surface area (Å²) in [7, 11) is 1.66. The van der Waals surface area contributed by atoms with E-state index in [1.54, 1.807) is 7.11 Å². The van der Waals surface area contributed by atoms with Crippen LogP contribution in [0, 0.1) is 0 Å². The maximum absolute atomic E-state index is 12.5. The van der Waals surface area contributed by atoms with E-state index in [1.165, 1.54) is 11.1 Å². The number of aromatic nitrogens is 2. The molecule has 0 fully saturated rings. The second-order valence-corrected chi connectivity index (χ2v) is 6.44. The summed E-state index contributed by atoms with van der Waals surface area (Å²) in [6.45, 7) is 0.608. The summed E-state index contributed by atoms with van der Waals surface area (Å²) < 4.78 is 7.32. The Labute approximate surface area is 152 Å². The summed E-state index contributed by atoms with van der Waals surface area (Å²) >= 11 is 0. The summed E-state index contributed by atoms with van der Waals surface area (Å²) in [4.78, 5) is 16.7. The molecule has 5 heteroatoms. The van der Waals surface area contributed by atoms with Crippen LogP contribution in [0.4, 0.5) is 0 Å². The number of imidazole rings is 1. The molecule has 1 amide bonds. The number of nitrogens with zero attached hydrogens (tertiary/aromatic N) is 2. The van der Waals surface area contributed by atoms with Crippen LogP contribution in [-0.4, -0.2) is 29.1 Å². The van der Waals surface area contributed by atoms with Crippen molar-refractivity contribution in [3.8, 4) is 17.0 Å². The Morgan fingerprint density at radius 3 is 3.00 bits per heavy atom. The maximum atomic E-state index is 12.5. The highest BCUT2D eigenvalue weighted by Crippen LogP contribution is 2.40. The highest BCUT2D eigenvalue weighted by Gasteiger charge is 2.29. The van der Waals surface area contributed by atoms with Crippen LogP contribution in [0.1, 0.15) is 23.6 Å². The van der Waals surface area contributed by atoms with E-state index in [-0.39, 0.29) is 11.9 Å². The minimum absolute atomic E-state index is 0.0144. The number of ether oxygens (including phenoxy) is 1. The van der Waals surface area contributed by atoms with Gasteiger partial charge in [0.25, 0.3) is 0 Å². The standard InChI is InChI=1S/C21H21N3O2/c1-26-16-6-4-5-15(11-16)9-10-23-21(25)12-19-17-7-2-3-8-18(17)20-13-22-14-24(19)20/h2-8,11,13-14,19H,9-10,12H2,1H3,(H,23,25). The fourth-order valence-corrected chi connectivity index (χ4v) is 3.56. The number of carbonyl (C=O) groups excluding carboxylic acids is 1. The van der Waals surface area contributed by atoms with Gasteiger partial charge in [-0.05, 0) is 29.7 Å². The van der Waals surface area contributed by atoms with E-state index in [1.807, 2.05) is 48.9 Å². The van der Waals surface area contributed by atoms with Gasteiger partial charge in [-0.15, -0.1) is 0 Å². The molecule has 0 saturated carbocycles. The first-order valence-corrected chi connectivity index (χ1v) is 8.77. The largest absolute Gasteiger partial charge is 0.497 e. The van der Waals surface area contributed by atoms with Gasteiger partial charge in [-0.2, -0.15) is 0 Å². The lowest BCUT2D eigenvalue weighted by Crippen LogP contribution is -2.28. The number of benzene rings is 2. The van der Waals surface area contributed by atoms with Crippen molar-refractivity contribution in [2.75, 3.05) is 13.7 Å². The zero-order valence-electron chi connectivity index (χ0n) is 14.7. The summed E-state index contributed by atoms with van der Waals surface area (Å²) in [5.74, 6) is 0.887. The summed E-state index contributed by atoms with van der Waals surface area (Å²) in [6.07, 6.45) is 4.86. The molecule has 5 nitrogen and oxygen atoms in total. The lowest BCUT2D eigenvalue weighted by Gasteiger charge is -2.14. The van der Waals surface area contributed by atoms with Gasteiger partial charge in [-0.25, -0.2) is 4.98 Å². The van der Waals surface area contributed by atoms with E-state index < -0.39 is 0 Å². The van der Waals surface area contributed by atoms with Crippen LogP contribution in [0.2, 0.25) is 0 Å². The summed E-state index contributed by atoms with van der Waals surface area (Å²) in [5.41, 5.74) is 4.58. The number of hydrogen-bond donors (Lipinski definition) is 1. The van der Waals surface area contributed by atoms with Crippen molar-refractivity contribution in [1.82, 2.24) is 14.9 Å². The molecule has 0 saturated heterocycles. The molecule has 1 aromatic heterocycles. The number of rotatable bonds is 6.